The Bertz CT molecular complexity index is 664. The molecule has 6 nitrogen and oxygen atoms in total. The number of hydrogen-bond donors (Lipinski definition) is 4. The van der Waals surface area contributed by atoms with E-state index in [2.05, 4.69) is 0 Å². The van der Waals surface area contributed by atoms with E-state index in [-0.39, 0.29) is 6.42 Å². The number of hydrogen-bond acceptors (Lipinski definition) is 5. The van der Waals surface area contributed by atoms with Crippen molar-refractivity contribution in [3.8, 4) is 0 Å². The van der Waals surface area contributed by atoms with Crippen molar-refractivity contribution in [1.82, 2.24) is 0 Å². The average Bonchev–Trinajstić information content (AvgIpc) is 2.50. The molecule has 0 aromatic heterocycles. The molecule has 0 saturated carbocycles. The lowest BCUT2D eigenvalue weighted by atomic mass is 9.90. The molecule has 3 atom stereocenters. The summed E-state index contributed by atoms with van der Waals surface area (Å²) >= 11 is 0. The maximum Gasteiger partial charge on any atom is 0.421 e. The second kappa shape index (κ2) is 7.49. The summed E-state index contributed by atoms with van der Waals surface area (Å²) < 4.78 is 59.5. The zero-order valence-corrected chi connectivity index (χ0v) is 13.4. The Kier molecular flexibility index (Phi) is 6.37. The second-order valence-electron chi connectivity index (χ2n) is 5.43. The topological polar surface area (TPSA) is 124 Å². The Morgan fingerprint density at radius 3 is 2.25 bits per heavy atom. The fraction of sp³-hybridized carbons (Fsp3) is 0.500. The van der Waals surface area contributed by atoms with E-state index in [1.54, 1.807) is 0 Å². The van der Waals surface area contributed by atoms with Crippen LogP contribution in [0, 0.1) is 4.78 Å². The van der Waals surface area contributed by atoms with E-state index in [0.717, 1.165) is 12.1 Å². The minimum Gasteiger partial charge on any atom is -0.480 e. The maximum atomic E-state index is 13.3. The van der Waals surface area contributed by atoms with Crippen molar-refractivity contribution in [2.45, 2.75) is 30.7 Å². The zero-order chi connectivity index (χ0) is 18.6. The molecule has 10 heteroatoms. The molecule has 136 valence electrons. The van der Waals surface area contributed by atoms with Crippen molar-refractivity contribution >= 4 is 15.7 Å². The predicted molar refractivity (Wildman–Crippen MR) is 81.8 cm³/mol. The van der Waals surface area contributed by atoms with Gasteiger partial charge < -0.3 is 15.9 Å². The average molecular weight is 368 g/mol. The van der Waals surface area contributed by atoms with Gasteiger partial charge in [-0.1, -0.05) is 30.3 Å². The molecule has 0 unspecified atom stereocenters. The molecule has 24 heavy (non-hydrogen) atoms. The van der Waals surface area contributed by atoms with Crippen molar-refractivity contribution in [2.75, 3.05) is 11.5 Å². The largest absolute Gasteiger partial charge is 0.480 e. The molecule has 0 radical (unpaired) electrons. The number of carboxylic acid groups (broad SMARTS) is 1. The van der Waals surface area contributed by atoms with Gasteiger partial charge in [0.25, 0.3) is 0 Å². The number of nitrogens with two attached hydrogens (primary N) is 1. The Morgan fingerprint density at radius 2 is 1.79 bits per heavy atom. The Hall–Kier alpha value is -1.65. The van der Waals surface area contributed by atoms with Crippen LogP contribution >= 0.6 is 0 Å². The molecular weight excluding hydrogens is 349 g/mol. The molecule has 1 aromatic rings. The third-order valence-electron chi connectivity index (χ3n) is 3.59. The fourth-order valence-electron chi connectivity index (χ4n) is 2.02. The third-order valence-corrected chi connectivity index (χ3v) is 5.35. The molecule has 0 saturated heterocycles. The highest BCUT2D eigenvalue weighted by atomic mass is 32.2. The number of aliphatic hydroxyl groups is 1. The number of aliphatic carboxylic acids is 1. The van der Waals surface area contributed by atoms with Crippen molar-refractivity contribution in [1.29, 1.82) is 4.78 Å². The van der Waals surface area contributed by atoms with Gasteiger partial charge in [-0.05, 0) is 12.0 Å². The molecule has 0 spiro atoms. The molecule has 0 aliphatic heterocycles. The molecule has 0 aliphatic carbocycles. The van der Waals surface area contributed by atoms with Gasteiger partial charge in [-0.25, -0.2) is 4.21 Å². The molecule has 1 aromatic carbocycles. The highest BCUT2D eigenvalue weighted by Gasteiger charge is 2.54. The minimum atomic E-state index is -5.01. The van der Waals surface area contributed by atoms with Crippen molar-refractivity contribution in [2.24, 2.45) is 5.73 Å². The van der Waals surface area contributed by atoms with E-state index in [4.69, 9.17) is 15.6 Å². The summed E-state index contributed by atoms with van der Waals surface area (Å²) in [6.45, 7) is 0. The van der Waals surface area contributed by atoms with Gasteiger partial charge in [0.2, 0.25) is 0 Å². The van der Waals surface area contributed by atoms with Gasteiger partial charge in [0, 0.05) is 27.7 Å². The summed E-state index contributed by atoms with van der Waals surface area (Å²) in [5, 5.41) is 18.7. The first-order valence-electron chi connectivity index (χ1n) is 6.96. The van der Waals surface area contributed by atoms with Crippen molar-refractivity contribution in [3.05, 3.63) is 35.9 Å². The van der Waals surface area contributed by atoms with Crippen LogP contribution in [0.2, 0.25) is 0 Å². The Morgan fingerprint density at radius 1 is 1.25 bits per heavy atom. The highest BCUT2D eigenvalue weighted by Crippen LogP contribution is 2.41. The van der Waals surface area contributed by atoms with Crippen LogP contribution in [0.15, 0.2) is 30.3 Å². The third kappa shape index (κ3) is 5.18. The minimum absolute atomic E-state index is 0.298. The lowest BCUT2D eigenvalue weighted by Gasteiger charge is -2.31. The summed E-state index contributed by atoms with van der Waals surface area (Å²) in [5.41, 5.74) is 1.59. The maximum absolute atomic E-state index is 13.3. The summed E-state index contributed by atoms with van der Waals surface area (Å²) in [6, 6.07) is 5.00. The van der Waals surface area contributed by atoms with Gasteiger partial charge >= 0.3 is 12.1 Å². The number of benzene rings is 1. The van der Waals surface area contributed by atoms with Crippen molar-refractivity contribution in [3.63, 3.8) is 0 Å². The quantitative estimate of drug-likeness (QED) is 0.556. The summed E-state index contributed by atoms with van der Waals surface area (Å²) in [6.07, 6.45) is -6.28. The van der Waals surface area contributed by atoms with Gasteiger partial charge in [0.05, 0.1) is 0 Å². The number of carbonyl (C=O) groups is 1. The lowest BCUT2D eigenvalue weighted by Crippen LogP contribution is -2.44. The van der Waals surface area contributed by atoms with Crippen LogP contribution in [0.3, 0.4) is 0 Å². The molecule has 5 N–H and O–H groups in total. The van der Waals surface area contributed by atoms with E-state index in [0.29, 0.717) is 0 Å². The number of alkyl halides is 3. The number of nitrogens with one attached hydrogen (secondary N) is 1. The van der Waals surface area contributed by atoms with Gasteiger partial charge in [0.1, 0.15) is 6.04 Å². The summed E-state index contributed by atoms with van der Waals surface area (Å²) in [4.78, 5) is 10.6. The van der Waals surface area contributed by atoms with Gasteiger partial charge in [-0.15, -0.1) is 0 Å². The lowest BCUT2D eigenvalue weighted by molar-refractivity contribution is -0.267. The first kappa shape index (κ1) is 20.4. The Balaban J connectivity index is 2.88. The van der Waals surface area contributed by atoms with E-state index in [1.807, 2.05) is 0 Å². The van der Waals surface area contributed by atoms with Crippen LogP contribution in [-0.2, 0) is 20.1 Å². The first-order chi connectivity index (χ1) is 10.9. The Labute approximate surface area is 137 Å². The number of halogens is 3. The highest BCUT2D eigenvalue weighted by molar-refractivity contribution is 7.92. The second-order valence-corrected chi connectivity index (χ2v) is 7.87. The summed E-state index contributed by atoms with van der Waals surface area (Å²) in [7, 11) is -3.51. The predicted octanol–water partition coefficient (Wildman–Crippen LogP) is 1.68. The SMILES string of the molecule is N=[S@](=O)(CC[C@H](N)C(=O)O)CC[C@](O)(c1ccccc1)C(F)(F)F. The van der Waals surface area contributed by atoms with Crippen LogP contribution < -0.4 is 5.73 Å². The molecule has 0 heterocycles. The first-order valence-corrected chi connectivity index (χ1v) is 8.86. The van der Waals surface area contributed by atoms with E-state index in [9.17, 15) is 27.3 Å². The van der Waals surface area contributed by atoms with Crippen LogP contribution in [-0.4, -0.2) is 44.1 Å². The van der Waals surface area contributed by atoms with Gasteiger partial charge in [-0.3, -0.25) is 9.57 Å². The number of carboxylic acids is 1. The van der Waals surface area contributed by atoms with Crippen LogP contribution in [0.25, 0.3) is 0 Å². The molecule has 0 fully saturated rings. The zero-order valence-electron chi connectivity index (χ0n) is 12.6. The van der Waals surface area contributed by atoms with Crippen LogP contribution in [0.1, 0.15) is 18.4 Å². The van der Waals surface area contributed by atoms with Crippen molar-refractivity contribution < 1.29 is 32.4 Å². The standard InChI is InChI=1S/C14H19F3N2O4S/c15-14(16,17)13(22,10-4-2-1-3-5-10)7-9-24(19,23)8-6-11(18)12(20)21/h1-5,11,19,22H,6-9,18H2,(H,20,21)/t11-,13-,24-/m0/s1. The van der Waals surface area contributed by atoms with Gasteiger partial charge in [-0.2, -0.15) is 13.2 Å². The molecule has 0 amide bonds. The number of rotatable bonds is 8. The molecule has 0 bridgehead atoms. The monoisotopic (exact) mass is 368 g/mol. The van der Waals surface area contributed by atoms with E-state index in [1.165, 1.54) is 18.2 Å². The van der Waals surface area contributed by atoms with Gasteiger partial charge in [0.15, 0.2) is 5.60 Å². The molecule has 1 rings (SSSR count). The van der Waals surface area contributed by atoms with Crippen LogP contribution in [0.4, 0.5) is 13.2 Å². The smallest absolute Gasteiger partial charge is 0.421 e. The van der Waals surface area contributed by atoms with E-state index >= 15 is 0 Å². The fourth-order valence-corrected chi connectivity index (χ4v) is 3.48. The normalized spacial score (nSPS) is 18.4. The molecule has 0 aliphatic rings. The molecular formula is C14H19F3N2O4S. The van der Waals surface area contributed by atoms with E-state index < -0.39 is 57.0 Å². The summed E-state index contributed by atoms with van der Waals surface area (Å²) in [5.74, 6) is -2.53. The van der Waals surface area contributed by atoms with Crippen LogP contribution in [0.5, 0.6) is 0 Å².